The number of likely N-dealkylation sites (N-methyl/N-ethyl adjacent to an activating group) is 1. The topological polar surface area (TPSA) is 59.1 Å². The highest BCUT2D eigenvalue weighted by atomic mass is 19.1. The fourth-order valence-electron chi connectivity index (χ4n) is 5.95. The Bertz CT molecular complexity index is 1040. The Balaban J connectivity index is 1.14. The van der Waals surface area contributed by atoms with Crippen LogP contribution in [-0.2, 0) is 16.1 Å². The second-order valence-electron chi connectivity index (χ2n) is 10.2. The van der Waals surface area contributed by atoms with Crippen molar-refractivity contribution in [2.45, 2.75) is 43.9 Å². The smallest absolute Gasteiger partial charge is 0.239 e. The average Bonchev–Trinajstić information content (AvgIpc) is 3.28. The van der Waals surface area contributed by atoms with Crippen molar-refractivity contribution >= 4 is 17.5 Å². The number of hydrogen-bond donors (Lipinski definition) is 1. The van der Waals surface area contributed by atoms with Gasteiger partial charge in [0.05, 0.1) is 0 Å². The highest BCUT2D eigenvalue weighted by Gasteiger charge is 2.45. The van der Waals surface area contributed by atoms with Crippen LogP contribution in [0.4, 0.5) is 10.1 Å². The molecule has 0 spiro atoms. The summed E-state index contributed by atoms with van der Waals surface area (Å²) >= 11 is 0. The van der Waals surface area contributed by atoms with E-state index in [4.69, 9.17) is 0 Å². The number of likely N-dealkylation sites (tertiary alicyclic amines) is 1. The molecule has 3 fully saturated rings. The third-order valence-corrected chi connectivity index (χ3v) is 8.09. The minimum Gasteiger partial charge on any atom is -0.368 e. The summed E-state index contributed by atoms with van der Waals surface area (Å²) < 4.78 is 13.3. The van der Waals surface area contributed by atoms with Crippen LogP contribution in [0.3, 0.4) is 0 Å². The first-order chi connectivity index (χ1) is 17.5. The van der Waals surface area contributed by atoms with Gasteiger partial charge in [0.2, 0.25) is 11.8 Å². The van der Waals surface area contributed by atoms with Gasteiger partial charge in [-0.15, -0.1) is 0 Å². The zero-order valence-electron chi connectivity index (χ0n) is 21.0. The summed E-state index contributed by atoms with van der Waals surface area (Å²) in [4.78, 5) is 34.9. The van der Waals surface area contributed by atoms with Crippen molar-refractivity contribution in [3.63, 3.8) is 0 Å². The first-order valence-electron chi connectivity index (χ1n) is 13.1. The summed E-state index contributed by atoms with van der Waals surface area (Å²) in [6.45, 7) is 5.19. The van der Waals surface area contributed by atoms with Gasteiger partial charge in [0.25, 0.3) is 0 Å². The lowest BCUT2D eigenvalue weighted by Crippen LogP contribution is -2.50. The molecule has 0 aliphatic carbocycles. The molecule has 0 saturated carbocycles. The highest BCUT2D eigenvalue weighted by Crippen LogP contribution is 2.29. The molecule has 0 bridgehead atoms. The zero-order valence-corrected chi connectivity index (χ0v) is 21.0. The maximum absolute atomic E-state index is 13.3. The Labute approximate surface area is 212 Å². The molecule has 2 aromatic carbocycles. The van der Waals surface area contributed by atoms with E-state index in [9.17, 15) is 14.0 Å². The lowest BCUT2D eigenvalue weighted by Gasteiger charge is -2.37. The standard InChI is InChI=1S/C28H36FN5O2/c1-31-24(11-12-26(35)33-17-15-32(16-18-33)23-5-3-2-4-6-23)19-30-28(36)27-25(31)13-14-34(27)20-21-7-9-22(29)10-8-21/h2-10,24-25,27H,11-20H2,1H3,(H,30,36). The van der Waals surface area contributed by atoms with Crippen LogP contribution < -0.4 is 10.2 Å². The molecule has 8 heteroatoms. The van der Waals surface area contributed by atoms with Gasteiger partial charge in [0.1, 0.15) is 11.9 Å². The normalized spacial score (nSPS) is 25.4. The van der Waals surface area contributed by atoms with Crippen molar-refractivity contribution in [3.05, 3.63) is 66.0 Å². The van der Waals surface area contributed by atoms with Gasteiger partial charge < -0.3 is 15.1 Å². The van der Waals surface area contributed by atoms with Crippen molar-refractivity contribution in [1.29, 1.82) is 0 Å². The molecule has 3 saturated heterocycles. The number of piperazine rings is 1. The molecule has 0 aromatic heterocycles. The number of amides is 2. The van der Waals surface area contributed by atoms with Crippen LogP contribution in [0.1, 0.15) is 24.8 Å². The molecule has 3 aliphatic heterocycles. The summed E-state index contributed by atoms with van der Waals surface area (Å²) in [5.41, 5.74) is 2.21. The largest absolute Gasteiger partial charge is 0.368 e. The molecule has 7 nitrogen and oxygen atoms in total. The number of para-hydroxylation sites is 1. The number of carbonyl (C=O) groups is 2. The van der Waals surface area contributed by atoms with Gasteiger partial charge in [-0.05, 0) is 49.7 Å². The minimum absolute atomic E-state index is 0.0531. The van der Waals surface area contributed by atoms with E-state index in [2.05, 4.69) is 39.2 Å². The number of nitrogens with zero attached hydrogens (tertiary/aromatic N) is 4. The summed E-state index contributed by atoms with van der Waals surface area (Å²) in [7, 11) is 2.09. The second kappa shape index (κ2) is 11.0. The number of hydrogen-bond acceptors (Lipinski definition) is 5. The maximum atomic E-state index is 13.3. The molecule has 3 atom stereocenters. The van der Waals surface area contributed by atoms with E-state index < -0.39 is 0 Å². The molecule has 5 rings (SSSR count). The number of carbonyl (C=O) groups excluding carboxylic acids is 2. The molecule has 3 heterocycles. The van der Waals surface area contributed by atoms with E-state index in [1.165, 1.54) is 17.8 Å². The first kappa shape index (κ1) is 24.7. The van der Waals surface area contributed by atoms with Crippen molar-refractivity contribution in [1.82, 2.24) is 20.0 Å². The molecule has 192 valence electrons. The van der Waals surface area contributed by atoms with Crippen molar-refractivity contribution in [2.24, 2.45) is 0 Å². The predicted octanol–water partition coefficient (Wildman–Crippen LogP) is 2.33. The van der Waals surface area contributed by atoms with Gasteiger partial charge in [-0.3, -0.25) is 19.4 Å². The maximum Gasteiger partial charge on any atom is 0.239 e. The predicted molar refractivity (Wildman–Crippen MR) is 138 cm³/mol. The van der Waals surface area contributed by atoms with Crippen LogP contribution in [0.15, 0.2) is 54.6 Å². The molecule has 2 aromatic rings. The van der Waals surface area contributed by atoms with E-state index in [0.717, 1.165) is 51.1 Å². The van der Waals surface area contributed by atoms with Crippen LogP contribution in [0, 0.1) is 5.82 Å². The zero-order chi connectivity index (χ0) is 25.1. The fourth-order valence-corrected chi connectivity index (χ4v) is 5.95. The molecule has 0 radical (unpaired) electrons. The monoisotopic (exact) mass is 493 g/mol. The van der Waals surface area contributed by atoms with Gasteiger partial charge in [-0.1, -0.05) is 30.3 Å². The Morgan fingerprint density at radius 1 is 1.00 bits per heavy atom. The first-order valence-corrected chi connectivity index (χ1v) is 13.1. The highest BCUT2D eigenvalue weighted by molar-refractivity contribution is 5.83. The van der Waals surface area contributed by atoms with Gasteiger partial charge in [-0.2, -0.15) is 0 Å². The van der Waals surface area contributed by atoms with E-state index in [-0.39, 0.29) is 35.8 Å². The molecule has 1 N–H and O–H groups in total. The molecule has 2 amide bonds. The molecule has 3 unspecified atom stereocenters. The van der Waals surface area contributed by atoms with Crippen LogP contribution in [-0.4, -0.2) is 91.0 Å². The molecular weight excluding hydrogens is 457 g/mol. The Morgan fingerprint density at radius 3 is 2.44 bits per heavy atom. The SMILES string of the molecule is CN1C(CCC(=O)N2CCN(c3ccccc3)CC2)CNC(=O)C2C1CCN2Cc1ccc(F)cc1. The summed E-state index contributed by atoms with van der Waals surface area (Å²) in [5, 5.41) is 3.13. The van der Waals surface area contributed by atoms with E-state index in [1.54, 1.807) is 12.1 Å². The number of nitrogens with one attached hydrogen (secondary N) is 1. The summed E-state index contributed by atoms with van der Waals surface area (Å²) in [5.74, 6) is 0.00497. The van der Waals surface area contributed by atoms with E-state index in [1.807, 2.05) is 23.1 Å². The molecule has 36 heavy (non-hydrogen) atoms. The number of fused-ring (bicyclic) bond motifs is 1. The lowest BCUT2D eigenvalue weighted by atomic mass is 10.0. The van der Waals surface area contributed by atoms with Crippen LogP contribution in [0.25, 0.3) is 0 Å². The fraction of sp³-hybridized carbons (Fsp3) is 0.500. The third kappa shape index (κ3) is 5.39. The summed E-state index contributed by atoms with van der Waals surface area (Å²) in [6.07, 6.45) is 2.13. The van der Waals surface area contributed by atoms with Gasteiger partial charge in [-0.25, -0.2) is 4.39 Å². The van der Waals surface area contributed by atoms with E-state index >= 15 is 0 Å². The van der Waals surface area contributed by atoms with Crippen LogP contribution in [0.2, 0.25) is 0 Å². The number of rotatable bonds is 6. The van der Waals surface area contributed by atoms with Crippen LogP contribution in [0.5, 0.6) is 0 Å². The number of benzene rings is 2. The number of halogens is 1. The Morgan fingerprint density at radius 2 is 1.72 bits per heavy atom. The lowest BCUT2D eigenvalue weighted by molar-refractivity contribution is -0.132. The second-order valence-corrected chi connectivity index (χ2v) is 10.2. The van der Waals surface area contributed by atoms with Crippen LogP contribution >= 0.6 is 0 Å². The third-order valence-electron chi connectivity index (χ3n) is 8.09. The van der Waals surface area contributed by atoms with E-state index in [0.29, 0.717) is 19.5 Å². The Kier molecular flexibility index (Phi) is 7.53. The average molecular weight is 494 g/mol. The van der Waals surface area contributed by atoms with Crippen molar-refractivity contribution < 1.29 is 14.0 Å². The van der Waals surface area contributed by atoms with Gasteiger partial charge in [0, 0.05) is 70.0 Å². The Hall–Kier alpha value is -2.97. The summed E-state index contributed by atoms with van der Waals surface area (Å²) in [6, 6.07) is 16.9. The quantitative estimate of drug-likeness (QED) is 0.670. The van der Waals surface area contributed by atoms with Crippen molar-refractivity contribution in [3.8, 4) is 0 Å². The molecular formula is C28H36FN5O2. The van der Waals surface area contributed by atoms with Crippen molar-refractivity contribution in [2.75, 3.05) is 51.2 Å². The van der Waals surface area contributed by atoms with Gasteiger partial charge >= 0.3 is 0 Å². The number of anilines is 1. The van der Waals surface area contributed by atoms with Gasteiger partial charge in [0.15, 0.2) is 0 Å². The minimum atomic E-state index is -0.250. The molecule has 3 aliphatic rings.